The van der Waals surface area contributed by atoms with Gasteiger partial charge in [0.05, 0.1) is 6.10 Å². The smallest absolute Gasteiger partial charge is 0.248 e. The molecule has 1 N–H and O–H groups in total. The maximum Gasteiger partial charge on any atom is 0.248 e. The maximum atomic E-state index is 13.3. The summed E-state index contributed by atoms with van der Waals surface area (Å²) in [6, 6.07) is 0. The summed E-state index contributed by atoms with van der Waals surface area (Å²) in [6.07, 6.45) is 7.95. The van der Waals surface area contributed by atoms with Crippen molar-refractivity contribution in [1.29, 1.82) is 0 Å². The molecule has 0 aromatic heterocycles. The fourth-order valence-electron chi connectivity index (χ4n) is 3.14. The van der Waals surface area contributed by atoms with Crippen LogP contribution in [-0.2, 0) is 0 Å². The number of rotatable bonds is 2. The second-order valence-electron chi connectivity index (χ2n) is 5.66. The van der Waals surface area contributed by atoms with Crippen molar-refractivity contribution in [2.45, 2.75) is 69.8 Å². The maximum absolute atomic E-state index is 13.3. The second-order valence-corrected chi connectivity index (χ2v) is 5.66. The van der Waals surface area contributed by atoms with E-state index in [9.17, 15) is 13.9 Å². The van der Waals surface area contributed by atoms with E-state index in [-0.39, 0.29) is 24.9 Å². The molecule has 2 unspecified atom stereocenters. The summed E-state index contributed by atoms with van der Waals surface area (Å²) in [6.45, 7) is 0. The van der Waals surface area contributed by atoms with E-state index in [0.29, 0.717) is 6.42 Å². The van der Waals surface area contributed by atoms with Crippen molar-refractivity contribution < 1.29 is 13.9 Å². The summed E-state index contributed by atoms with van der Waals surface area (Å²) < 4.78 is 26.6. The van der Waals surface area contributed by atoms with E-state index >= 15 is 0 Å². The lowest BCUT2D eigenvalue weighted by Crippen LogP contribution is -2.26. The molecule has 2 rings (SSSR count). The fraction of sp³-hybridized carbons (Fsp3) is 0.857. The van der Waals surface area contributed by atoms with E-state index in [1.54, 1.807) is 0 Å². The van der Waals surface area contributed by atoms with Crippen LogP contribution >= 0.6 is 0 Å². The van der Waals surface area contributed by atoms with Gasteiger partial charge in [-0.1, -0.05) is 18.1 Å². The van der Waals surface area contributed by atoms with Crippen LogP contribution in [0.3, 0.4) is 0 Å². The van der Waals surface area contributed by atoms with Gasteiger partial charge in [-0.3, -0.25) is 0 Å². The zero-order valence-electron chi connectivity index (χ0n) is 10.3. The Morgan fingerprint density at radius 3 is 2.82 bits per heavy atom. The third-order valence-corrected chi connectivity index (χ3v) is 3.97. The first-order valence-corrected chi connectivity index (χ1v) is 6.81. The quantitative estimate of drug-likeness (QED) is 0.726. The molecule has 98 valence electrons. The van der Waals surface area contributed by atoms with Crippen molar-refractivity contribution in [2.24, 2.45) is 5.92 Å². The molecule has 0 amide bonds. The normalized spacial score (nSPS) is 33.9. The van der Waals surface area contributed by atoms with E-state index in [2.05, 4.69) is 0 Å². The number of halogens is 2. The van der Waals surface area contributed by atoms with Gasteiger partial charge in [-0.2, -0.15) is 0 Å². The Bertz CT molecular complexity index is 286. The van der Waals surface area contributed by atoms with Crippen LogP contribution in [0.4, 0.5) is 8.78 Å². The number of hydrogen-bond acceptors (Lipinski definition) is 1. The van der Waals surface area contributed by atoms with Gasteiger partial charge in [0.15, 0.2) is 0 Å². The van der Waals surface area contributed by atoms with Gasteiger partial charge in [0.2, 0.25) is 5.92 Å². The number of hydrogen-bond donors (Lipinski definition) is 1. The van der Waals surface area contributed by atoms with E-state index in [4.69, 9.17) is 0 Å². The molecule has 0 spiro atoms. The Hall–Kier alpha value is -0.440. The fourth-order valence-corrected chi connectivity index (χ4v) is 3.14. The van der Waals surface area contributed by atoms with Crippen molar-refractivity contribution >= 4 is 0 Å². The molecule has 2 atom stereocenters. The Morgan fingerprint density at radius 1 is 1.24 bits per heavy atom. The first-order chi connectivity index (χ1) is 8.05. The van der Waals surface area contributed by atoms with Gasteiger partial charge in [0.1, 0.15) is 0 Å². The molecule has 0 radical (unpaired) electrons. The third kappa shape index (κ3) is 4.06. The third-order valence-electron chi connectivity index (χ3n) is 3.97. The molecule has 1 fully saturated rings. The number of aliphatic hydroxyl groups is 1. The summed E-state index contributed by atoms with van der Waals surface area (Å²) in [7, 11) is 0. The Kier molecular flexibility index (Phi) is 4.18. The first kappa shape index (κ1) is 13.0. The summed E-state index contributed by atoms with van der Waals surface area (Å²) in [4.78, 5) is 0. The minimum Gasteiger partial charge on any atom is -0.389 e. The van der Waals surface area contributed by atoms with E-state index in [1.807, 2.05) is 6.08 Å². The van der Waals surface area contributed by atoms with E-state index in [0.717, 1.165) is 38.5 Å². The van der Waals surface area contributed by atoms with Crippen LogP contribution in [0.5, 0.6) is 0 Å². The van der Waals surface area contributed by atoms with Crippen molar-refractivity contribution in [3.63, 3.8) is 0 Å². The topological polar surface area (TPSA) is 20.2 Å². The molecule has 0 bridgehead atoms. The van der Waals surface area contributed by atoms with Crippen molar-refractivity contribution in [2.75, 3.05) is 0 Å². The van der Waals surface area contributed by atoms with Crippen molar-refractivity contribution in [3.05, 3.63) is 11.6 Å². The molecule has 17 heavy (non-hydrogen) atoms. The van der Waals surface area contributed by atoms with E-state index in [1.165, 1.54) is 5.57 Å². The highest BCUT2D eigenvalue weighted by atomic mass is 19.3. The monoisotopic (exact) mass is 244 g/mol. The standard InChI is InChI=1S/C14H22F2O/c15-14(16)7-3-5-12(10-14)8-11-4-1-2-6-13(17)9-11/h9,12-13,17H,1-8,10H2. The van der Waals surface area contributed by atoms with Crippen molar-refractivity contribution in [3.8, 4) is 0 Å². The summed E-state index contributed by atoms with van der Waals surface area (Å²) >= 11 is 0. The van der Waals surface area contributed by atoms with Gasteiger partial charge in [0, 0.05) is 12.8 Å². The van der Waals surface area contributed by atoms with Crippen LogP contribution in [0.25, 0.3) is 0 Å². The average Bonchev–Trinajstić information content (AvgIpc) is 2.41. The van der Waals surface area contributed by atoms with Crippen LogP contribution in [0.15, 0.2) is 11.6 Å². The van der Waals surface area contributed by atoms with Gasteiger partial charge >= 0.3 is 0 Å². The number of aliphatic hydroxyl groups excluding tert-OH is 1. The molecule has 0 heterocycles. The lowest BCUT2D eigenvalue weighted by Gasteiger charge is -2.29. The molecule has 3 heteroatoms. The zero-order chi connectivity index (χ0) is 12.3. The van der Waals surface area contributed by atoms with Gasteiger partial charge in [-0.25, -0.2) is 8.78 Å². The Morgan fingerprint density at radius 2 is 2.06 bits per heavy atom. The number of allylic oxidation sites excluding steroid dienone is 1. The van der Waals surface area contributed by atoms with Crippen LogP contribution in [0, 0.1) is 5.92 Å². The molecule has 1 saturated carbocycles. The zero-order valence-corrected chi connectivity index (χ0v) is 10.3. The highest BCUT2D eigenvalue weighted by Crippen LogP contribution is 2.40. The largest absolute Gasteiger partial charge is 0.389 e. The molecule has 0 aromatic carbocycles. The summed E-state index contributed by atoms with van der Waals surface area (Å²) in [5, 5.41) is 9.67. The van der Waals surface area contributed by atoms with Crippen LogP contribution in [0.2, 0.25) is 0 Å². The van der Waals surface area contributed by atoms with Crippen LogP contribution in [-0.4, -0.2) is 17.1 Å². The van der Waals surface area contributed by atoms with E-state index < -0.39 is 5.92 Å². The molecule has 0 aromatic rings. The second kappa shape index (κ2) is 5.47. The van der Waals surface area contributed by atoms with Gasteiger partial charge in [0.25, 0.3) is 0 Å². The molecule has 0 saturated heterocycles. The molecular formula is C14H22F2O. The van der Waals surface area contributed by atoms with Gasteiger partial charge in [-0.05, 0) is 44.4 Å². The summed E-state index contributed by atoms with van der Waals surface area (Å²) in [5.41, 5.74) is 1.21. The van der Waals surface area contributed by atoms with Crippen molar-refractivity contribution in [1.82, 2.24) is 0 Å². The van der Waals surface area contributed by atoms with Crippen LogP contribution in [0.1, 0.15) is 57.8 Å². The lowest BCUT2D eigenvalue weighted by molar-refractivity contribution is -0.0522. The molecule has 2 aliphatic carbocycles. The molecular weight excluding hydrogens is 222 g/mol. The minimum atomic E-state index is -2.45. The predicted octanol–water partition coefficient (Wildman–Crippen LogP) is 4.06. The lowest BCUT2D eigenvalue weighted by atomic mass is 9.82. The molecule has 0 aliphatic heterocycles. The Labute approximate surface area is 102 Å². The molecule has 1 nitrogen and oxygen atoms in total. The first-order valence-electron chi connectivity index (χ1n) is 6.81. The average molecular weight is 244 g/mol. The minimum absolute atomic E-state index is 0.0421. The Balaban J connectivity index is 1.91. The SMILES string of the molecule is OC1C=C(CC2CCCC(F)(F)C2)CCCC1. The van der Waals surface area contributed by atoms with Gasteiger partial charge in [-0.15, -0.1) is 0 Å². The highest BCUT2D eigenvalue weighted by molar-refractivity contribution is 5.08. The number of alkyl halides is 2. The van der Waals surface area contributed by atoms with Crippen LogP contribution < -0.4 is 0 Å². The summed E-state index contributed by atoms with van der Waals surface area (Å²) in [5.74, 6) is -2.33. The highest BCUT2D eigenvalue weighted by Gasteiger charge is 2.36. The van der Waals surface area contributed by atoms with Gasteiger partial charge < -0.3 is 5.11 Å². The molecule has 2 aliphatic rings. The predicted molar refractivity (Wildman–Crippen MR) is 64.1 cm³/mol.